The van der Waals surface area contributed by atoms with Gasteiger partial charge in [0.05, 0.1) is 10.0 Å². The quantitative estimate of drug-likeness (QED) is 0.652. The van der Waals surface area contributed by atoms with Crippen molar-refractivity contribution in [2.45, 2.75) is 6.42 Å². The molecule has 0 radical (unpaired) electrons. The van der Waals surface area contributed by atoms with Crippen LogP contribution in [0, 0.1) is 0 Å². The van der Waals surface area contributed by atoms with Gasteiger partial charge in [0.25, 0.3) is 0 Å². The number of rotatable bonds is 4. The molecule has 0 fully saturated rings. The number of aliphatic imine (C=N–C) groups is 1. The van der Waals surface area contributed by atoms with Crippen molar-refractivity contribution < 1.29 is 0 Å². The minimum Gasteiger partial charge on any atom is -0.387 e. The Morgan fingerprint density at radius 3 is 2.50 bits per heavy atom. The van der Waals surface area contributed by atoms with Crippen LogP contribution in [0.3, 0.4) is 0 Å². The van der Waals surface area contributed by atoms with E-state index in [9.17, 15) is 0 Å². The van der Waals surface area contributed by atoms with Gasteiger partial charge >= 0.3 is 0 Å². The van der Waals surface area contributed by atoms with Gasteiger partial charge in [-0.25, -0.2) is 4.99 Å². The Kier molecular flexibility index (Phi) is 5.22. The molecule has 0 unspecified atom stereocenters. The minimum absolute atomic E-state index is 0.523. The van der Waals surface area contributed by atoms with E-state index in [2.05, 4.69) is 4.99 Å². The molecule has 2 rings (SSSR count). The van der Waals surface area contributed by atoms with Gasteiger partial charge < -0.3 is 5.73 Å². The Labute approximate surface area is 128 Å². The van der Waals surface area contributed by atoms with E-state index >= 15 is 0 Å². The van der Waals surface area contributed by atoms with Crippen molar-refractivity contribution in [2.24, 2.45) is 10.7 Å². The van der Waals surface area contributed by atoms with Crippen LogP contribution < -0.4 is 5.73 Å². The summed E-state index contributed by atoms with van der Waals surface area (Å²) < 4.78 is 0. The third-order valence-corrected chi connectivity index (χ3v) is 3.42. The predicted octanol–water partition coefficient (Wildman–Crippen LogP) is 4.56. The summed E-state index contributed by atoms with van der Waals surface area (Å²) in [5.74, 6) is 0.563. The van der Waals surface area contributed by atoms with Crippen LogP contribution in [0.4, 0.5) is 0 Å². The number of nitrogens with two attached hydrogens (primary N) is 1. The van der Waals surface area contributed by atoms with Crippen LogP contribution in [-0.4, -0.2) is 5.84 Å². The molecule has 0 aliphatic rings. The Hall–Kier alpha value is -1.77. The highest BCUT2D eigenvalue weighted by Gasteiger charge is 1.97. The van der Waals surface area contributed by atoms with Gasteiger partial charge in [0, 0.05) is 12.6 Å². The summed E-state index contributed by atoms with van der Waals surface area (Å²) in [6.45, 7) is 0. The SMILES string of the molecule is NC(Cc1ccccc1)=NC=Cc1ccc(Cl)c(Cl)c1. The first kappa shape index (κ1) is 14.6. The second kappa shape index (κ2) is 7.13. The summed E-state index contributed by atoms with van der Waals surface area (Å²) in [7, 11) is 0. The highest BCUT2D eigenvalue weighted by atomic mass is 35.5. The van der Waals surface area contributed by atoms with Crippen molar-refractivity contribution >= 4 is 35.1 Å². The lowest BCUT2D eigenvalue weighted by Crippen LogP contribution is -2.14. The van der Waals surface area contributed by atoms with Crippen molar-refractivity contribution in [3.05, 3.63) is 75.9 Å². The van der Waals surface area contributed by atoms with Gasteiger partial charge in [0.2, 0.25) is 0 Å². The van der Waals surface area contributed by atoms with E-state index in [1.54, 1.807) is 18.3 Å². The monoisotopic (exact) mass is 304 g/mol. The van der Waals surface area contributed by atoms with Crippen LogP contribution in [0.25, 0.3) is 6.08 Å². The molecule has 0 amide bonds. The molecule has 0 bridgehead atoms. The second-order valence-electron chi connectivity index (χ2n) is 4.27. The van der Waals surface area contributed by atoms with E-state index in [0.29, 0.717) is 22.3 Å². The lowest BCUT2D eigenvalue weighted by Gasteiger charge is -1.99. The summed E-state index contributed by atoms with van der Waals surface area (Å²) in [6, 6.07) is 15.4. The topological polar surface area (TPSA) is 38.4 Å². The van der Waals surface area contributed by atoms with Crippen LogP contribution in [-0.2, 0) is 6.42 Å². The Bertz CT molecular complexity index is 634. The van der Waals surface area contributed by atoms with Gasteiger partial charge in [-0.05, 0) is 29.3 Å². The molecule has 0 aliphatic heterocycles. The Morgan fingerprint density at radius 1 is 1.05 bits per heavy atom. The summed E-state index contributed by atoms with van der Waals surface area (Å²) in [4.78, 5) is 4.20. The standard InChI is InChI=1S/C16H14Cl2N2/c17-14-7-6-13(10-15(14)18)8-9-20-16(19)11-12-4-2-1-3-5-12/h1-10H,11H2,(H2,19,20). The third-order valence-electron chi connectivity index (χ3n) is 2.68. The summed E-state index contributed by atoms with van der Waals surface area (Å²) in [6.07, 6.45) is 4.13. The summed E-state index contributed by atoms with van der Waals surface area (Å²) in [5, 5.41) is 1.06. The van der Waals surface area contributed by atoms with Crippen molar-refractivity contribution in [1.29, 1.82) is 0 Å². The highest BCUT2D eigenvalue weighted by Crippen LogP contribution is 2.23. The number of halogens is 2. The molecule has 0 saturated heterocycles. The summed E-state index contributed by atoms with van der Waals surface area (Å²) >= 11 is 11.8. The van der Waals surface area contributed by atoms with Gasteiger partial charge in [-0.3, -0.25) is 0 Å². The molecular formula is C16H14Cl2N2. The molecule has 20 heavy (non-hydrogen) atoms. The third kappa shape index (κ3) is 4.41. The molecule has 2 nitrogen and oxygen atoms in total. The van der Waals surface area contributed by atoms with E-state index in [0.717, 1.165) is 11.1 Å². The van der Waals surface area contributed by atoms with Crippen LogP contribution in [0.5, 0.6) is 0 Å². The van der Waals surface area contributed by atoms with E-state index in [1.165, 1.54) is 0 Å². The van der Waals surface area contributed by atoms with E-state index in [4.69, 9.17) is 28.9 Å². The molecular weight excluding hydrogens is 291 g/mol. The predicted molar refractivity (Wildman–Crippen MR) is 87.3 cm³/mol. The van der Waals surface area contributed by atoms with Crippen LogP contribution in [0.2, 0.25) is 10.0 Å². The zero-order valence-electron chi connectivity index (χ0n) is 10.8. The van der Waals surface area contributed by atoms with Crippen molar-refractivity contribution in [3.63, 3.8) is 0 Å². The molecule has 0 heterocycles. The van der Waals surface area contributed by atoms with Crippen molar-refractivity contribution in [3.8, 4) is 0 Å². The number of amidine groups is 1. The molecule has 2 N–H and O–H groups in total. The fraction of sp³-hybridized carbons (Fsp3) is 0.0625. The van der Waals surface area contributed by atoms with Crippen LogP contribution >= 0.6 is 23.2 Å². The molecule has 0 saturated carbocycles. The van der Waals surface area contributed by atoms with Crippen LogP contribution in [0.1, 0.15) is 11.1 Å². The van der Waals surface area contributed by atoms with Gasteiger partial charge in [-0.1, -0.05) is 59.6 Å². The molecule has 2 aromatic carbocycles. The molecule has 0 aromatic heterocycles. The maximum atomic E-state index is 5.94. The Morgan fingerprint density at radius 2 is 1.80 bits per heavy atom. The van der Waals surface area contributed by atoms with E-state index in [1.807, 2.05) is 42.5 Å². The van der Waals surface area contributed by atoms with Gasteiger partial charge in [0.15, 0.2) is 0 Å². The molecule has 0 spiro atoms. The molecule has 102 valence electrons. The maximum absolute atomic E-state index is 5.94. The zero-order chi connectivity index (χ0) is 14.4. The molecule has 0 aliphatic carbocycles. The number of nitrogens with zero attached hydrogens (tertiary/aromatic N) is 1. The van der Waals surface area contributed by atoms with Gasteiger partial charge in [0.1, 0.15) is 5.84 Å². The van der Waals surface area contributed by atoms with E-state index in [-0.39, 0.29) is 0 Å². The fourth-order valence-electron chi connectivity index (χ4n) is 1.69. The van der Waals surface area contributed by atoms with Gasteiger partial charge in [-0.2, -0.15) is 0 Å². The highest BCUT2D eigenvalue weighted by molar-refractivity contribution is 6.42. The summed E-state index contributed by atoms with van der Waals surface area (Å²) in [5.41, 5.74) is 7.94. The molecule has 0 atom stereocenters. The van der Waals surface area contributed by atoms with Crippen molar-refractivity contribution in [2.75, 3.05) is 0 Å². The van der Waals surface area contributed by atoms with Gasteiger partial charge in [-0.15, -0.1) is 0 Å². The van der Waals surface area contributed by atoms with Crippen molar-refractivity contribution in [1.82, 2.24) is 0 Å². The number of benzene rings is 2. The number of hydrogen-bond donors (Lipinski definition) is 1. The smallest absolute Gasteiger partial charge is 0.103 e. The normalized spacial score (nSPS) is 12.0. The lowest BCUT2D eigenvalue weighted by atomic mass is 10.1. The first-order valence-electron chi connectivity index (χ1n) is 6.13. The number of hydrogen-bond acceptors (Lipinski definition) is 1. The van der Waals surface area contributed by atoms with E-state index < -0.39 is 0 Å². The average Bonchev–Trinajstić information content (AvgIpc) is 2.44. The lowest BCUT2D eigenvalue weighted by molar-refractivity contribution is 1.27. The minimum atomic E-state index is 0.523. The second-order valence-corrected chi connectivity index (χ2v) is 5.09. The zero-order valence-corrected chi connectivity index (χ0v) is 12.3. The largest absolute Gasteiger partial charge is 0.387 e. The average molecular weight is 305 g/mol. The first-order chi connectivity index (χ1) is 9.65. The molecule has 2 aromatic rings. The maximum Gasteiger partial charge on any atom is 0.103 e. The van der Waals surface area contributed by atoms with Crippen LogP contribution in [0.15, 0.2) is 59.7 Å². The Balaban J connectivity index is 2.00. The first-order valence-corrected chi connectivity index (χ1v) is 6.88. The molecule has 4 heteroatoms. The fourth-order valence-corrected chi connectivity index (χ4v) is 1.99.